The van der Waals surface area contributed by atoms with E-state index in [0.29, 0.717) is 16.3 Å². The summed E-state index contributed by atoms with van der Waals surface area (Å²) >= 11 is 7.44. The predicted octanol–water partition coefficient (Wildman–Crippen LogP) is 5.29. The summed E-state index contributed by atoms with van der Waals surface area (Å²) in [6, 6.07) is 13.0. The van der Waals surface area contributed by atoms with E-state index in [1.807, 2.05) is 26.0 Å². The van der Waals surface area contributed by atoms with Crippen LogP contribution in [-0.2, 0) is 16.1 Å². The van der Waals surface area contributed by atoms with Crippen molar-refractivity contribution in [3.63, 3.8) is 0 Å². The minimum atomic E-state index is -0.702. The Bertz CT molecular complexity index is 847. The lowest BCUT2D eigenvalue weighted by molar-refractivity contribution is -0.140. The van der Waals surface area contributed by atoms with Crippen LogP contribution in [0, 0.1) is 5.82 Å². The number of nitrogens with one attached hydrogen (secondary N) is 1. The van der Waals surface area contributed by atoms with Crippen molar-refractivity contribution in [1.82, 2.24) is 10.2 Å². The first-order chi connectivity index (χ1) is 14.3. The lowest BCUT2D eigenvalue weighted by Crippen LogP contribution is -2.49. The molecule has 0 unspecified atom stereocenters. The molecule has 0 radical (unpaired) electrons. The van der Waals surface area contributed by atoms with Crippen molar-refractivity contribution in [2.75, 3.05) is 5.75 Å². The third-order valence-electron chi connectivity index (χ3n) is 4.87. The fraction of sp³-hybridized carbons (Fsp3) is 0.391. The van der Waals surface area contributed by atoms with E-state index in [-0.39, 0.29) is 36.6 Å². The summed E-state index contributed by atoms with van der Waals surface area (Å²) in [6.45, 7) is 5.62. The average molecular weight is 451 g/mol. The molecular formula is C23H28ClFN2O2S. The first-order valence-corrected chi connectivity index (χ1v) is 11.4. The predicted molar refractivity (Wildman–Crippen MR) is 121 cm³/mol. The first-order valence-electron chi connectivity index (χ1n) is 10.0. The van der Waals surface area contributed by atoms with Gasteiger partial charge in [0.05, 0.1) is 0 Å². The number of hydrogen-bond donors (Lipinski definition) is 1. The van der Waals surface area contributed by atoms with Gasteiger partial charge < -0.3 is 10.2 Å². The molecule has 2 amide bonds. The number of rotatable bonds is 10. The number of benzene rings is 2. The van der Waals surface area contributed by atoms with E-state index in [9.17, 15) is 14.0 Å². The van der Waals surface area contributed by atoms with E-state index < -0.39 is 6.04 Å². The summed E-state index contributed by atoms with van der Waals surface area (Å²) in [5.74, 6) is -0.264. The van der Waals surface area contributed by atoms with Gasteiger partial charge in [-0.25, -0.2) is 4.39 Å². The van der Waals surface area contributed by atoms with Crippen molar-refractivity contribution < 1.29 is 14.0 Å². The number of halogens is 2. The van der Waals surface area contributed by atoms with Gasteiger partial charge in [0.15, 0.2) is 0 Å². The highest BCUT2D eigenvalue weighted by molar-refractivity contribution is 7.99. The zero-order valence-corrected chi connectivity index (χ0v) is 19.1. The third kappa shape index (κ3) is 7.33. The van der Waals surface area contributed by atoms with Gasteiger partial charge in [-0.2, -0.15) is 0 Å². The smallest absolute Gasteiger partial charge is 0.242 e. The van der Waals surface area contributed by atoms with Gasteiger partial charge in [0, 0.05) is 40.2 Å². The highest BCUT2D eigenvalue weighted by Gasteiger charge is 2.27. The molecule has 0 aliphatic heterocycles. The summed E-state index contributed by atoms with van der Waals surface area (Å²) in [6.07, 6.45) is 1.03. The first kappa shape index (κ1) is 24.2. The second-order valence-electron chi connectivity index (χ2n) is 7.16. The van der Waals surface area contributed by atoms with Gasteiger partial charge in [-0.1, -0.05) is 36.7 Å². The van der Waals surface area contributed by atoms with Crippen LogP contribution in [0.25, 0.3) is 0 Å². The summed E-state index contributed by atoms with van der Waals surface area (Å²) in [4.78, 5) is 28.1. The Labute approximate surface area is 187 Å². The van der Waals surface area contributed by atoms with Crippen LogP contribution in [0.1, 0.15) is 39.2 Å². The van der Waals surface area contributed by atoms with Crippen molar-refractivity contribution in [3.8, 4) is 0 Å². The Morgan fingerprint density at radius 1 is 1.13 bits per heavy atom. The molecule has 2 rings (SSSR count). The number of carbonyl (C=O) groups is 2. The second kappa shape index (κ2) is 12.0. The van der Waals surface area contributed by atoms with E-state index in [1.165, 1.54) is 22.7 Å². The molecule has 2 aromatic carbocycles. The van der Waals surface area contributed by atoms with Crippen molar-refractivity contribution >= 4 is 35.2 Å². The van der Waals surface area contributed by atoms with Crippen LogP contribution in [0.4, 0.5) is 4.39 Å². The number of carbonyl (C=O) groups excluding carboxylic acids is 2. The maximum atomic E-state index is 14.2. The monoisotopic (exact) mass is 450 g/mol. The molecule has 0 saturated heterocycles. The van der Waals surface area contributed by atoms with Crippen LogP contribution in [-0.4, -0.2) is 34.6 Å². The zero-order chi connectivity index (χ0) is 22.1. The second-order valence-corrected chi connectivity index (χ2v) is 8.76. The standard InChI is InChI=1S/C23H28ClFN2O2S/c1-4-16(2)26-23(29)17(3)27(15-18-7-5-6-8-21(18)25)22(28)13-14-30-20-11-9-19(24)10-12-20/h5-12,16-17H,4,13-15H2,1-3H3,(H,26,29)/t16-,17-/m1/s1. The van der Waals surface area contributed by atoms with Crippen LogP contribution in [0.3, 0.4) is 0 Å². The molecule has 4 nitrogen and oxygen atoms in total. The van der Waals surface area contributed by atoms with Gasteiger partial charge in [-0.15, -0.1) is 11.8 Å². The topological polar surface area (TPSA) is 49.4 Å². The van der Waals surface area contributed by atoms with Crippen molar-refractivity contribution in [3.05, 3.63) is 64.9 Å². The molecule has 0 saturated carbocycles. The van der Waals surface area contributed by atoms with E-state index in [4.69, 9.17) is 11.6 Å². The molecule has 0 spiro atoms. The maximum Gasteiger partial charge on any atom is 0.242 e. The fourth-order valence-electron chi connectivity index (χ4n) is 2.79. The SMILES string of the molecule is CC[C@@H](C)NC(=O)[C@@H](C)N(Cc1ccccc1F)C(=O)CCSc1ccc(Cl)cc1. The van der Waals surface area contributed by atoms with Crippen molar-refractivity contribution in [2.24, 2.45) is 0 Å². The molecule has 1 N–H and O–H groups in total. The summed E-state index contributed by atoms with van der Waals surface area (Å²) in [7, 11) is 0. The minimum absolute atomic E-state index is 0.00539. The minimum Gasteiger partial charge on any atom is -0.352 e. The fourth-order valence-corrected chi connectivity index (χ4v) is 3.76. The maximum absolute atomic E-state index is 14.2. The van der Waals surface area contributed by atoms with Crippen LogP contribution in [0.15, 0.2) is 53.4 Å². The average Bonchev–Trinajstić information content (AvgIpc) is 2.73. The molecule has 0 bridgehead atoms. The summed E-state index contributed by atoms with van der Waals surface area (Å²) < 4.78 is 14.2. The van der Waals surface area contributed by atoms with E-state index >= 15 is 0 Å². The van der Waals surface area contributed by atoms with Gasteiger partial charge in [0.25, 0.3) is 0 Å². The van der Waals surface area contributed by atoms with Gasteiger partial charge in [0.2, 0.25) is 11.8 Å². The highest BCUT2D eigenvalue weighted by atomic mass is 35.5. The molecule has 30 heavy (non-hydrogen) atoms. The lowest BCUT2D eigenvalue weighted by atomic mass is 10.1. The highest BCUT2D eigenvalue weighted by Crippen LogP contribution is 2.22. The molecule has 0 aromatic heterocycles. The Morgan fingerprint density at radius 2 is 1.80 bits per heavy atom. The van der Waals surface area contributed by atoms with Gasteiger partial charge in [-0.05, 0) is 50.6 Å². The van der Waals surface area contributed by atoms with Crippen LogP contribution < -0.4 is 5.32 Å². The number of hydrogen-bond acceptors (Lipinski definition) is 3. The van der Waals surface area contributed by atoms with Crippen LogP contribution in [0.2, 0.25) is 5.02 Å². The molecule has 0 heterocycles. The largest absolute Gasteiger partial charge is 0.352 e. The normalized spacial score (nSPS) is 12.8. The Kier molecular flexibility index (Phi) is 9.66. The Hall–Kier alpha value is -2.05. The molecule has 2 aromatic rings. The molecular weight excluding hydrogens is 423 g/mol. The third-order valence-corrected chi connectivity index (χ3v) is 6.13. The van der Waals surface area contributed by atoms with Crippen LogP contribution >= 0.6 is 23.4 Å². The molecule has 7 heteroatoms. The van der Waals surface area contributed by atoms with Crippen molar-refractivity contribution in [1.29, 1.82) is 0 Å². The summed E-state index contributed by atoms with van der Waals surface area (Å²) in [5, 5.41) is 3.57. The number of thioether (sulfide) groups is 1. The molecule has 0 aliphatic rings. The number of amides is 2. The Balaban J connectivity index is 2.08. The Morgan fingerprint density at radius 3 is 2.43 bits per heavy atom. The van der Waals surface area contributed by atoms with Gasteiger partial charge in [-0.3, -0.25) is 9.59 Å². The van der Waals surface area contributed by atoms with E-state index in [2.05, 4.69) is 5.32 Å². The van der Waals surface area contributed by atoms with E-state index in [1.54, 1.807) is 37.3 Å². The molecule has 0 fully saturated rings. The lowest BCUT2D eigenvalue weighted by Gasteiger charge is -2.30. The molecule has 2 atom stereocenters. The van der Waals surface area contributed by atoms with Gasteiger partial charge in [0.1, 0.15) is 11.9 Å². The zero-order valence-electron chi connectivity index (χ0n) is 17.5. The summed E-state index contributed by atoms with van der Waals surface area (Å²) in [5.41, 5.74) is 0.388. The molecule has 0 aliphatic carbocycles. The number of nitrogens with zero attached hydrogens (tertiary/aromatic N) is 1. The van der Waals surface area contributed by atoms with E-state index in [0.717, 1.165) is 11.3 Å². The van der Waals surface area contributed by atoms with Gasteiger partial charge >= 0.3 is 0 Å². The van der Waals surface area contributed by atoms with Crippen molar-refractivity contribution in [2.45, 2.75) is 57.1 Å². The van der Waals surface area contributed by atoms with Crippen LogP contribution in [0.5, 0.6) is 0 Å². The quantitative estimate of drug-likeness (QED) is 0.500. The molecule has 162 valence electrons.